The van der Waals surface area contributed by atoms with Crippen LogP contribution in [-0.2, 0) is 16.4 Å². The van der Waals surface area contributed by atoms with Gasteiger partial charge in [-0.15, -0.1) is 0 Å². The van der Waals surface area contributed by atoms with Crippen LogP contribution in [-0.4, -0.2) is 63.9 Å². The number of hydrogen-bond acceptors (Lipinski definition) is 5. The second-order valence-corrected chi connectivity index (χ2v) is 9.29. The Morgan fingerprint density at radius 2 is 1.76 bits per heavy atom. The highest BCUT2D eigenvalue weighted by Crippen LogP contribution is 2.20. The molecule has 0 bridgehead atoms. The van der Waals surface area contributed by atoms with E-state index in [1.165, 1.54) is 30.8 Å². The van der Waals surface area contributed by atoms with Gasteiger partial charge in [0.25, 0.3) is 5.91 Å². The van der Waals surface area contributed by atoms with Gasteiger partial charge in [0.15, 0.2) is 0 Å². The molecule has 0 atom stereocenters. The van der Waals surface area contributed by atoms with Crippen molar-refractivity contribution in [3.63, 3.8) is 0 Å². The van der Waals surface area contributed by atoms with Crippen LogP contribution < -0.4 is 10.5 Å². The Balaban J connectivity index is 1.60. The number of piperazine rings is 1. The Hall–Kier alpha value is -2.13. The molecule has 1 amide bonds. The highest BCUT2D eigenvalue weighted by Gasteiger charge is 2.25. The van der Waals surface area contributed by atoms with Crippen molar-refractivity contribution in [1.82, 2.24) is 14.5 Å². The average Bonchev–Trinajstić information content (AvgIpc) is 2.73. The molecule has 29 heavy (non-hydrogen) atoms. The summed E-state index contributed by atoms with van der Waals surface area (Å²) in [5, 5.41) is 0.728. The maximum Gasteiger partial charge on any atom is 0.256 e. The third-order valence-corrected chi connectivity index (χ3v) is 6.79. The van der Waals surface area contributed by atoms with E-state index in [1.54, 1.807) is 4.90 Å². The number of carbonyl (C=O) groups is 1. The maximum absolute atomic E-state index is 12.9. The Kier molecular flexibility index (Phi) is 6.79. The van der Waals surface area contributed by atoms with Crippen LogP contribution in [0.25, 0.3) is 0 Å². The molecule has 156 valence electrons. The summed E-state index contributed by atoms with van der Waals surface area (Å²) in [6.07, 6.45) is 0.919. The minimum absolute atomic E-state index is 0.0270. The lowest BCUT2D eigenvalue weighted by Crippen LogP contribution is -2.49. The van der Waals surface area contributed by atoms with Crippen molar-refractivity contribution < 1.29 is 13.2 Å². The van der Waals surface area contributed by atoms with Gasteiger partial charge in [0.2, 0.25) is 10.0 Å². The van der Waals surface area contributed by atoms with Gasteiger partial charge in [-0.05, 0) is 49.4 Å². The van der Waals surface area contributed by atoms with Crippen molar-refractivity contribution in [2.75, 3.05) is 45.5 Å². The summed E-state index contributed by atoms with van der Waals surface area (Å²) >= 11 is 5.92. The zero-order valence-electron chi connectivity index (χ0n) is 16.3. The SMILES string of the molecule is CNS(=O)(=O)c1ccc(N)c(C(=O)N2CCN(CCc3ccc(Cl)cc3)CC2)c1. The van der Waals surface area contributed by atoms with E-state index in [1.807, 2.05) is 24.3 Å². The number of nitrogens with two attached hydrogens (primary N) is 1. The number of hydrogen-bond donors (Lipinski definition) is 2. The van der Waals surface area contributed by atoms with Crippen LogP contribution in [0.3, 0.4) is 0 Å². The summed E-state index contributed by atoms with van der Waals surface area (Å²) in [4.78, 5) is 17.0. The molecule has 0 aliphatic carbocycles. The van der Waals surface area contributed by atoms with Crippen molar-refractivity contribution >= 4 is 33.2 Å². The highest BCUT2D eigenvalue weighted by molar-refractivity contribution is 7.89. The fourth-order valence-electron chi connectivity index (χ4n) is 3.29. The molecule has 1 aliphatic rings. The van der Waals surface area contributed by atoms with Gasteiger partial charge in [-0.3, -0.25) is 9.69 Å². The van der Waals surface area contributed by atoms with Crippen LogP contribution in [0.4, 0.5) is 5.69 Å². The zero-order valence-corrected chi connectivity index (χ0v) is 17.8. The molecule has 0 unspecified atom stereocenters. The van der Waals surface area contributed by atoms with Crippen LogP contribution in [0.15, 0.2) is 47.4 Å². The fourth-order valence-corrected chi connectivity index (χ4v) is 4.17. The van der Waals surface area contributed by atoms with Gasteiger partial charge in [0, 0.05) is 43.4 Å². The Labute approximate surface area is 176 Å². The van der Waals surface area contributed by atoms with E-state index < -0.39 is 10.0 Å². The minimum atomic E-state index is -3.64. The second-order valence-electron chi connectivity index (χ2n) is 6.97. The number of nitrogen functional groups attached to an aromatic ring is 1. The van der Waals surface area contributed by atoms with E-state index in [0.29, 0.717) is 13.1 Å². The number of anilines is 1. The molecule has 0 radical (unpaired) electrons. The molecule has 1 aliphatic heterocycles. The number of amides is 1. The summed E-state index contributed by atoms with van der Waals surface area (Å²) < 4.78 is 26.3. The molecule has 2 aromatic rings. The van der Waals surface area contributed by atoms with Crippen molar-refractivity contribution in [3.05, 3.63) is 58.6 Å². The van der Waals surface area contributed by atoms with Crippen LogP contribution in [0.5, 0.6) is 0 Å². The van der Waals surface area contributed by atoms with Crippen LogP contribution >= 0.6 is 11.6 Å². The first kappa shape index (κ1) is 21.6. The first-order chi connectivity index (χ1) is 13.8. The number of benzene rings is 2. The van der Waals surface area contributed by atoms with Gasteiger partial charge in [-0.25, -0.2) is 13.1 Å². The summed E-state index contributed by atoms with van der Waals surface area (Å²) in [5.74, 6) is -0.243. The largest absolute Gasteiger partial charge is 0.398 e. The molecule has 3 N–H and O–H groups in total. The molecule has 9 heteroatoms. The number of nitrogens with zero attached hydrogens (tertiary/aromatic N) is 2. The monoisotopic (exact) mass is 436 g/mol. The lowest BCUT2D eigenvalue weighted by molar-refractivity contribution is 0.0639. The minimum Gasteiger partial charge on any atom is -0.398 e. The van der Waals surface area contributed by atoms with Crippen LogP contribution in [0.1, 0.15) is 15.9 Å². The molecule has 0 spiro atoms. The van der Waals surface area contributed by atoms with E-state index in [9.17, 15) is 13.2 Å². The van der Waals surface area contributed by atoms with E-state index in [-0.39, 0.29) is 22.1 Å². The predicted molar refractivity (Wildman–Crippen MR) is 115 cm³/mol. The Morgan fingerprint density at radius 1 is 1.10 bits per heavy atom. The molecule has 1 saturated heterocycles. The molecular formula is C20H25ClN4O3S. The summed E-state index contributed by atoms with van der Waals surface area (Å²) in [7, 11) is -2.31. The van der Waals surface area contributed by atoms with Crippen LogP contribution in [0.2, 0.25) is 5.02 Å². The fraction of sp³-hybridized carbons (Fsp3) is 0.350. The Morgan fingerprint density at radius 3 is 2.38 bits per heavy atom. The van der Waals surface area contributed by atoms with Gasteiger partial charge in [0.05, 0.1) is 10.5 Å². The quantitative estimate of drug-likeness (QED) is 0.673. The number of nitrogens with one attached hydrogen (secondary N) is 1. The third kappa shape index (κ3) is 5.27. The molecule has 3 rings (SSSR count). The standard InChI is InChI=1S/C20H25ClN4O3S/c1-23-29(27,28)17-6-7-19(22)18(14-17)20(26)25-12-10-24(11-13-25)9-8-15-2-4-16(21)5-3-15/h2-7,14,23H,8-13,22H2,1H3. The molecule has 0 saturated carbocycles. The highest BCUT2D eigenvalue weighted by atomic mass is 35.5. The van der Waals surface area contributed by atoms with Gasteiger partial charge in [-0.2, -0.15) is 0 Å². The van der Waals surface area contributed by atoms with E-state index in [2.05, 4.69) is 9.62 Å². The van der Waals surface area contributed by atoms with E-state index in [4.69, 9.17) is 17.3 Å². The Bertz CT molecular complexity index is 972. The molecule has 7 nitrogen and oxygen atoms in total. The molecule has 1 heterocycles. The summed E-state index contributed by atoms with van der Waals surface area (Å²) in [6, 6.07) is 12.0. The first-order valence-electron chi connectivity index (χ1n) is 9.39. The van der Waals surface area contributed by atoms with E-state index >= 15 is 0 Å². The van der Waals surface area contributed by atoms with Crippen molar-refractivity contribution in [2.45, 2.75) is 11.3 Å². The zero-order chi connectivity index (χ0) is 21.0. The topological polar surface area (TPSA) is 95.7 Å². The number of rotatable bonds is 6. The summed E-state index contributed by atoms with van der Waals surface area (Å²) in [6.45, 7) is 3.56. The average molecular weight is 437 g/mol. The molecule has 2 aromatic carbocycles. The van der Waals surface area contributed by atoms with E-state index in [0.717, 1.165) is 31.1 Å². The lowest BCUT2D eigenvalue weighted by atomic mass is 10.1. The summed E-state index contributed by atoms with van der Waals surface area (Å²) in [5.41, 5.74) is 7.67. The molecule has 1 fully saturated rings. The van der Waals surface area contributed by atoms with Crippen molar-refractivity contribution in [2.24, 2.45) is 0 Å². The van der Waals surface area contributed by atoms with Gasteiger partial charge in [-0.1, -0.05) is 23.7 Å². The van der Waals surface area contributed by atoms with Gasteiger partial charge in [0.1, 0.15) is 0 Å². The number of halogens is 1. The van der Waals surface area contributed by atoms with Gasteiger partial charge < -0.3 is 10.6 Å². The van der Waals surface area contributed by atoms with Gasteiger partial charge >= 0.3 is 0 Å². The predicted octanol–water partition coefficient (Wildman–Crippen LogP) is 1.83. The second kappa shape index (κ2) is 9.13. The third-order valence-electron chi connectivity index (χ3n) is 5.12. The molecular weight excluding hydrogens is 412 g/mol. The number of sulfonamides is 1. The van der Waals surface area contributed by atoms with Crippen molar-refractivity contribution in [1.29, 1.82) is 0 Å². The maximum atomic E-state index is 12.9. The molecule has 0 aromatic heterocycles. The normalized spacial score (nSPS) is 15.4. The van der Waals surface area contributed by atoms with Crippen molar-refractivity contribution in [3.8, 4) is 0 Å². The lowest BCUT2D eigenvalue weighted by Gasteiger charge is -2.35. The first-order valence-corrected chi connectivity index (χ1v) is 11.3. The van der Waals surface area contributed by atoms with Crippen LogP contribution in [0, 0.1) is 0 Å². The number of carbonyl (C=O) groups excluding carboxylic acids is 1. The smallest absolute Gasteiger partial charge is 0.256 e.